The quantitative estimate of drug-likeness (QED) is 0.849. The van der Waals surface area contributed by atoms with Crippen LogP contribution in [0.15, 0.2) is 24.3 Å². The number of amides is 1. The summed E-state index contributed by atoms with van der Waals surface area (Å²) in [4.78, 5) is 14.6. The Morgan fingerprint density at radius 2 is 2.04 bits per heavy atom. The van der Waals surface area contributed by atoms with E-state index in [1.165, 1.54) is 6.07 Å². The molecule has 0 radical (unpaired) electrons. The van der Waals surface area contributed by atoms with Crippen molar-refractivity contribution in [2.45, 2.75) is 18.9 Å². The van der Waals surface area contributed by atoms with Gasteiger partial charge in [0.2, 0.25) is 5.91 Å². The number of nitrogens with zero attached hydrogens (tertiary/aromatic N) is 1. The Morgan fingerprint density at radius 1 is 1.25 bits per heavy atom. The molecule has 2 aliphatic rings. The SMILES string of the molecule is O=C(Cc1ccccc1F)NC[C@H]([C@@H]1CCOC1)N1CCOCC1. The fourth-order valence-corrected chi connectivity index (χ4v) is 3.45. The molecule has 2 saturated heterocycles. The van der Waals surface area contributed by atoms with Crippen LogP contribution in [0.4, 0.5) is 4.39 Å². The van der Waals surface area contributed by atoms with Crippen LogP contribution in [0.3, 0.4) is 0 Å². The normalized spacial score (nSPS) is 23.1. The molecule has 2 aliphatic heterocycles. The molecule has 1 aromatic rings. The van der Waals surface area contributed by atoms with E-state index >= 15 is 0 Å². The third kappa shape index (κ3) is 4.53. The molecular formula is C18H25FN2O3. The highest BCUT2D eigenvalue weighted by molar-refractivity contribution is 5.78. The maximum Gasteiger partial charge on any atom is 0.224 e. The van der Waals surface area contributed by atoms with Crippen molar-refractivity contribution >= 4 is 5.91 Å². The third-order valence-corrected chi connectivity index (χ3v) is 4.84. The molecule has 132 valence electrons. The van der Waals surface area contributed by atoms with Crippen LogP contribution < -0.4 is 5.32 Å². The van der Waals surface area contributed by atoms with Gasteiger partial charge in [-0.1, -0.05) is 18.2 Å². The lowest BCUT2D eigenvalue weighted by atomic mass is 9.96. The number of carbonyl (C=O) groups is 1. The highest BCUT2D eigenvalue weighted by atomic mass is 19.1. The molecule has 2 fully saturated rings. The number of nitrogens with one attached hydrogen (secondary N) is 1. The van der Waals surface area contributed by atoms with E-state index in [2.05, 4.69) is 10.2 Å². The van der Waals surface area contributed by atoms with Gasteiger partial charge in [0.1, 0.15) is 5.82 Å². The first-order chi connectivity index (χ1) is 11.7. The zero-order valence-electron chi connectivity index (χ0n) is 13.9. The molecule has 6 heteroatoms. The predicted molar refractivity (Wildman–Crippen MR) is 88.2 cm³/mol. The summed E-state index contributed by atoms with van der Waals surface area (Å²) in [6.45, 7) is 5.32. The lowest BCUT2D eigenvalue weighted by molar-refractivity contribution is -0.121. The minimum absolute atomic E-state index is 0.0731. The number of rotatable bonds is 6. The van der Waals surface area contributed by atoms with Crippen LogP contribution in [0.5, 0.6) is 0 Å². The Bertz CT molecular complexity index is 543. The molecule has 5 nitrogen and oxygen atoms in total. The summed E-state index contributed by atoms with van der Waals surface area (Å²) >= 11 is 0. The van der Waals surface area contributed by atoms with Crippen LogP contribution in [0.2, 0.25) is 0 Å². The molecule has 24 heavy (non-hydrogen) atoms. The molecule has 2 heterocycles. The second-order valence-corrected chi connectivity index (χ2v) is 6.41. The summed E-state index contributed by atoms with van der Waals surface area (Å²) in [5.41, 5.74) is 0.433. The monoisotopic (exact) mass is 336 g/mol. The van der Waals surface area contributed by atoms with Crippen LogP contribution in [-0.2, 0) is 20.7 Å². The summed E-state index contributed by atoms with van der Waals surface area (Å²) in [5, 5.41) is 2.99. The maximum atomic E-state index is 13.7. The highest BCUT2D eigenvalue weighted by Gasteiger charge is 2.31. The van der Waals surface area contributed by atoms with Gasteiger partial charge in [-0.05, 0) is 18.1 Å². The smallest absolute Gasteiger partial charge is 0.224 e. The average Bonchev–Trinajstić information content (AvgIpc) is 3.12. The van der Waals surface area contributed by atoms with Crippen molar-refractivity contribution in [2.75, 3.05) is 46.1 Å². The van der Waals surface area contributed by atoms with Crippen LogP contribution >= 0.6 is 0 Å². The molecule has 0 saturated carbocycles. The Balaban J connectivity index is 1.56. The van der Waals surface area contributed by atoms with E-state index in [0.29, 0.717) is 18.0 Å². The minimum Gasteiger partial charge on any atom is -0.381 e. The Kier molecular flexibility index (Phi) is 6.18. The van der Waals surface area contributed by atoms with Crippen molar-refractivity contribution in [3.8, 4) is 0 Å². The lowest BCUT2D eigenvalue weighted by Gasteiger charge is -2.37. The van der Waals surface area contributed by atoms with E-state index in [9.17, 15) is 9.18 Å². The van der Waals surface area contributed by atoms with Crippen molar-refractivity contribution in [2.24, 2.45) is 5.92 Å². The van der Waals surface area contributed by atoms with Gasteiger partial charge in [-0.3, -0.25) is 9.69 Å². The van der Waals surface area contributed by atoms with Gasteiger partial charge in [0.05, 0.1) is 26.2 Å². The van der Waals surface area contributed by atoms with E-state index in [4.69, 9.17) is 9.47 Å². The first-order valence-corrected chi connectivity index (χ1v) is 8.63. The van der Waals surface area contributed by atoms with Crippen molar-refractivity contribution in [3.63, 3.8) is 0 Å². The summed E-state index contributed by atoms with van der Waals surface area (Å²) in [6.07, 6.45) is 1.09. The number of hydrogen-bond donors (Lipinski definition) is 1. The van der Waals surface area contributed by atoms with Crippen molar-refractivity contribution in [3.05, 3.63) is 35.6 Å². The molecule has 0 aromatic heterocycles. The van der Waals surface area contributed by atoms with Gasteiger partial charge < -0.3 is 14.8 Å². The topological polar surface area (TPSA) is 50.8 Å². The number of hydrogen-bond acceptors (Lipinski definition) is 4. The molecule has 1 N–H and O–H groups in total. The number of benzene rings is 1. The fourth-order valence-electron chi connectivity index (χ4n) is 3.45. The molecule has 0 bridgehead atoms. The molecular weight excluding hydrogens is 311 g/mol. The molecule has 0 spiro atoms. The second kappa shape index (κ2) is 8.55. The lowest BCUT2D eigenvalue weighted by Crippen LogP contribution is -2.52. The zero-order chi connectivity index (χ0) is 16.8. The molecule has 0 aliphatic carbocycles. The molecule has 2 atom stereocenters. The van der Waals surface area contributed by atoms with Crippen LogP contribution in [0.1, 0.15) is 12.0 Å². The Morgan fingerprint density at radius 3 is 2.75 bits per heavy atom. The van der Waals surface area contributed by atoms with Gasteiger partial charge in [0, 0.05) is 38.2 Å². The largest absolute Gasteiger partial charge is 0.381 e. The molecule has 1 aromatic carbocycles. The van der Waals surface area contributed by atoms with Gasteiger partial charge in [-0.2, -0.15) is 0 Å². The fraction of sp³-hybridized carbons (Fsp3) is 0.611. The van der Waals surface area contributed by atoms with Crippen LogP contribution in [-0.4, -0.2) is 62.9 Å². The molecule has 0 unspecified atom stereocenters. The van der Waals surface area contributed by atoms with E-state index in [1.54, 1.807) is 18.2 Å². The van der Waals surface area contributed by atoms with E-state index in [0.717, 1.165) is 45.9 Å². The Hall–Kier alpha value is -1.50. The zero-order valence-corrected chi connectivity index (χ0v) is 13.9. The average molecular weight is 336 g/mol. The van der Waals surface area contributed by atoms with Crippen molar-refractivity contribution in [1.82, 2.24) is 10.2 Å². The molecule has 3 rings (SSSR count). The maximum absolute atomic E-state index is 13.7. The van der Waals surface area contributed by atoms with Crippen molar-refractivity contribution in [1.29, 1.82) is 0 Å². The highest BCUT2D eigenvalue weighted by Crippen LogP contribution is 2.22. The standard InChI is InChI=1S/C18H25FN2O3/c19-16-4-2-1-3-14(16)11-18(22)20-12-17(15-5-8-24-13-15)21-6-9-23-10-7-21/h1-4,15,17H,5-13H2,(H,20,22)/t15-,17-/m1/s1. The van der Waals surface area contributed by atoms with Crippen LogP contribution in [0, 0.1) is 11.7 Å². The number of ether oxygens (including phenoxy) is 2. The number of halogens is 1. The number of morpholine rings is 1. The second-order valence-electron chi connectivity index (χ2n) is 6.41. The minimum atomic E-state index is -0.332. The summed E-state index contributed by atoms with van der Waals surface area (Å²) < 4.78 is 24.6. The first kappa shape index (κ1) is 17.3. The van der Waals surface area contributed by atoms with E-state index in [-0.39, 0.29) is 24.2 Å². The third-order valence-electron chi connectivity index (χ3n) is 4.84. The van der Waals surface area contributed by atoms with Gasteiger partial charge in [0.15, 0.2) is 0 Å². The number of carbonyl (C=O) groups excluding carboxylic acids is 1. The van der Waals surface area contributed by atoms with Gasteiger partial charge in [-0.15, -0.1) is 0 Å². The first-order valence-electron chi connectivity index (χ1n) is 8.63. The van der Waals surface area contributed by atoms with E-state index < -0.39 is 0 Å². The van der Waals surface area contributed by atoms with Crippen molar-refractivity contribution < 1.29 is 18.7 Å². The molecule has 1 amide bonds. The van der Waals surface area contributed by atoms with Crippen LogP contribution in [0.25, 0.3) is 0 Å². The van der Waals surface area contributed by atoms with Gasteiger partial charge >= 0.3 is 0 Å². The van der Waals surface area contributed by atoms with Gasteiger partial charge in [-0.25, -0.2) is 4.39 Å². The van der Waals surface area contributed by atoms with E-state index in [1.807, 2.05) is 0 Å². The summed E-state index contributed by atoms with van der Waals surface area (Å²) in [5.74, 6) is -0.0456. The summed E-state index contributed by atoms with van der Waals surface area (Å²) in [7, 11) is 0. The van der Waals surface area contributed by atoms with Gasteiger partial charge in [0.25, 0.3) is 0 Å². The predicted octanol–water partition coefficient (Wildman–Crippen LogP) is 1.22. The summed E-state index contributed by atoms with van der Waals surface area (Å²) in [6, 6.07) is 6.67. The Labute approximate surface area is 142 Å².